The maximum atomic E-state index is 11.7. The third-order valence-electron chi connectivity index (χ3n) is 4.22. The van der Waals surface area contributed by atoms with Crippen molar-refractivity contribution >= 4 is 27.3 Å². The molecule has 0 bridgehead atoms. The fraction of sp³-hybridized carbons (Fsp3) is 0.278. The summed E-state index contributed by atoms with van der Waals surface area (Å²) in [7, 11) is -3.73. The molecule has 0 saturated heterocycles. The number of anilines is 2. The highest BCUT2D eigenvalue weighted by Gasteiger charge is 2.20. The van der Waals surface area contributed by atoms with Crippen molar-refractivity contribution in [2.24, 2.45) is 5.14 Å². The number of benzene rings is 2. The van der Waals surface area contributed by atoms with Crippen LogP contribution in [0.4, 0.5) is 11.4 Å². The molecule has 1 aliphatic rings. The van der Waals surface area contributed by atoms with Crippen LogP contribution in [0.3, 0.4) is 0 Å². The molecule has 25 heavy (non-hydrogen) atoms. The van der Waals surface area contributed by atoms with E-state index in [9.17, 15) is 13.2 Å². The average molecular weight is 359 g/mol. The van der Waals surface area contributed by atoms with E-state index in [0.29, 0.717) is 6.54 Å². The molecule has 0 spiro atoms. The molecule has 1 heterocycles. The second-order valence-corrected chi connectivity index (χ2v) is 7.80. The van der Waals surface area contributed by atoms with Gasteiger partial charge >= 0.3 is 0 Å². The molecular formula is C18H21N3O3S. The molecular weight excluding hydrogens is 338 g/mol. The van der Waals surface area contributed by atoms with Crippen molar-refractivity contribution in [1.82, 2.24) is 0 Å². The number of rotatable bonds is 4. The minimum atomic E-state index is -3.73. The van der Waals surface area contributed by atoms with Gasteiger partial charge in [-0.25, -0.2) is 13.6 Å². The van der Waals surface area contributed by atoms with Crippen LogP contribution < -0.4 is 15.4 Å². The van der Waals surface area contributed by atoms with Crippen molar-refractivity contribution < 1.29 is 13.2 Å². The van der Waals surface area contributed by atoms with Crippen LogP contribution in [0.15, 0.2) is 47.4 Å². The lowest BCUT2D eigenvalue weighted by Gasteiger charge is -2.32. The molecule has 6 nitrogen and oxygen atoms in total. The number of sulfonamides is 1. The topological polar surface area (TPSA) is 92.5 Å². The molecule has 0 unspecified atom stereocenters. The fourth-order valence-electron chi connectivity index (χ4n) is 3.14. The number of nitrogens with two attached hydrogens (primary N) is 1. The Balaban J connectivity index is 1.89. The predicted molar refractivity (Wildman–Crippen MR) is 97.9 cm³/mol. The summed E-state index contributed by atoms with van der Waals surface area (Å²) in [6.45, 7) is 2.95. The molecule has 7 heteroatoms. The van der Waals surface area contributed by atoms with Gasteiger partial charge in [0.05, 0.1) is 4.90 Å². The lowest BCUT2D eigenvalue weighted by atomic mass is 10.0. The summed E-state index contributed by atoms with van der Waals surface area (Å²) in [5.74, 6) is -0.113. The molecule has 0 fully saturated rings. The molecule has 0 aliphatic carbocycles. The number of aryl methyl sites for hydroxylation is 1. The van der Waals surface area contributed by atoms with Crippen LogP contribution in [0.25, 0.3) is 0 Å². The molecule has 3 rings (SSSR count). The Morgan fingerprint density at radius 3 is 2.76 bits per heavy atom. The third kappa shape index (κ3) is 4.18. The van der Waals surface area contributed by atoms with Crippen LogP contribution in [0, 0.1) is 0 Å². The summed E-state index contributed by atoms with van der Waals surface area (Å²) >= 11 is 0. The summed E-state index contributed by atoms with van der Waals surface area (Å²) in [6, 6.07) is 12.7. The molecule has 2 aromatic carbocycles. The van der Waals surface area contributed by atoms with Gasteiger partial charge in [0.25, 0.3) is 0 Å². The van der Waals surface area contributed by atoms with Crippen LogP contribution in [-0.2, 0) is 27.8 Å². The molecule has 0 radical (unpaired) electrons. The van der Waals surface area contributed by atoms with Crippen molar-refractivity contribution in [1.29, 1.82) is 0 Å². The minimum absolute atomic E-state index is 0.113. The van der Waals surface area contributed by atoms with Gasteiger partial charge in [-0.05, 0) is 48.2 Å². The van der Waals surface area contributed by atoms with E-state index in [4.69, 9.17) is 5.14 Å². The maximum absolute atomic E-state index is 11.7. The highest BCUT2D eigenvalue weighted by Crippen LogP contribution is 2.31. The highest BCUT2D eigenvalue weighted by molar-refractivity contribution is 7.89. The lowest BCUT2D eigenvalue weighted by molar-refractivity contribution is -0.114. The van der Waals surface area contributed by atoms with Crippen LogP contribution in [0.1, 0.15) is 24.5 Å². The molecule has 0 atom stereocenters. The Hall–Kier alpha value is -2.38. The average Bonchev–Trinajstić information content (AvgIpc) is 2.53. The third-order valence-corrected chi connectivity index (χ3v) is 5.13. The van der Waals surface area contributed by atoms with Crippen LogP contribution in [0.2, 0.25) is 0 Å². The van der Waals surface area contributed by atoms with Gasteiger partial charge in [0.1, 0.15) is 0 Å². The normalized spacial score (nSPS) is 14.1. The molecule has 132 valence electrons. The summed E-state index contributed by atoms with van der Waals surface area (Å²) in [6.07, 6.45) is 1.93. The number of amides is 1. The number of nitrogens with zero attached hydrogens (tertiary/aromatic N) is 1. The number of carbonyl (C=O) groups excluding carboxylic acids is 1. The first-order valence-corrected chi connectivity index (χ1v) is 9.65. The van der Waals surface area contributed by atoms with E-state index in [-0.39, 0.29) is 10.8 Å². The Kier molecular flexibility index (Phi) is 4.78. The molecule has 2 aromatic rings. The number of hydrogen-bond donors (Lipinski definition) is 2. The van der Waals surface area contributed by atoms with Crippen LogP contribution in [-0.4, -0.2) is 20.9 Å². The van der Waals surface area contributed by atoms with Crippen molar-refractivity contribution in [2.75, 3.05) is 16.8 Å². The molecule has 1 amide bonds. The van der Waals surface area contributed by atoms with Crippen molar-refractivity contribution in [2.45, 2.75) is 31.2 Å². The van der Waals surface area contributed by atoms with Gasteiger partial charge in [-0.3, -0.25) is 4.79 Å². The molecule has 0 aromatic heterocycles. The maximum Gasteiger partial charge on any atom is 0.238 e. The van der Waals surface area contributed by atoms with E-state index < -0.39 is 10.0 Å². The largest absolute Gasteiger partial charge is 0.367 e. The second-order valence-electron chi connectivity index (χ2n) is 6.24. The Morgan fingerprint density at radius 2 is 2.04 bits per heavy atom. The lowest BCUT2D eigenvalue weighted by Crippen LogP contribution is -2.29. The summed E-state index contributed by atoms with van der Waals surface area (Å²) in [5, 5.41) is 8.04. The van der Waals surface area contributed by atoms with Gasteiger partial charge in [0, 0.05) is 31.4 Å². The Labute approximate surface area is 147 Å². The van der Waals surface area contributed by atoms with Crippen LogP contribution >= 0.6 is 0 Å². The van der Waals surface area contributed by atoms with Crippen molar-refractivity contribution in [3.8, 4) is 0 Å². The Bertz CT molecular complexity index is 910. The van der Waals surface area contributed by atoms with E-state index in [1.54, 1.807) is 12.1 Å². The van der Waals surface area contributed by atoms with Gasteiger partial charge in [0.15, 0.2) is 0 Å². The first kappa shape index (κ1) is 17.4. The molecule has 3 N–H and O–H groups in total. The van der Waals surface area contributed by atoms with Gasteiger partial charge < -0.3 is 10.2 Å². The summed E-state index contributed by atoms with van der Waals surface area (Å²) < 4.78 is 23.3. The van der Waals surface area contributed by atoms with Gasteiger partial charge in [-0.2, -0.15) is 0 Å². The number of nitrogens with one attached hydrogen (secondary N) is 1. The number of carbonyl (C=O) groups is 1. The number of fused-ring (bicyclic) bond motifs is 1. The van der Waals surface area contributed by atoms with Crippen LogP contribution in [0.5, 0.6) is 0 Å². The SMILES string of the molecule is CC(=O)Nc1cccc(CN2CCCc3ccc(S(N)(=O)=O)cc32)c1. The highest BCUT2D eigenvalue weighted by atomic mass is 32.2. The smallest absolute Gasteiger partial charge is 0.238 e. The summed E-state index contributed by atoms with van der Waals surface area (Å²) in [4.78, 5) is 13.5. The zero-order valence-electron chi connectivity index (χ0n) is 14.0. The monoisotopic (exact) mass is 359 g/mol. The summed E-state index contributed by atoms with van der Waals surface area (Å²) in [5.41, 5.74) is 3.82. The van der Waals surface area contributed by atoms with Gasteiger partial charge in [-0.15, -0.1) is 0 Å². The number of hydrogen-bond acceptors (Lipinski definition) is 4. The van der Waals surface area contributed by atoms with E-state index in [1.165, 1.54) is 6.92 Å². The van der Waals surface area contributed by atoms with E-state index in [0.717, 1.165) is 41.9 Å². The van der Waals surface area contributed by atoms with Gasteiger partial charge in [-0.1, -0.05) is 18.2 Å². The first-order valence-electron chi connectivity index (χ1n) is 8.10. The van der Waals surface area contributed by atoms with Gasteiger partial charge in [0.2, 0.25) is 15.9 Å². The van der Waals surface area contributed by atoms with Crippen molar-refractivity contribution in [3.05, 3.63) is 53.6 Å². The molecule has 1 aliphatic heterocycles. The zero-order chi connectivity index (χ0) is 18.0. The minimum Gasteiger partial charge on any atom is -0.367 e. The standard InChI is InChI=1S/C18H21N3O3S/c1-13(22)20-16-6-2-4-14(10-16)12-21-9-3-5-15-7-8-17(11-18(15)21)25(19,23)24/h2,4,6-8,10-11H,3,5,9,12H2,1H3,(H,20,22)(H2,19,23,24). The van der Waals surface area contributed by atoms with E-state index in [2.05, 4.69) is 10.2 Å². The van der Waals surface area contributed by atoms with E-state index in [1.807, 2.05) is 30.3 Å². The molecule has 0 saturated carbocycles. The quantitative estimate of drug-likeness (QED) is 0.876. The fourth-order valence-corrected chi connectivity index (χ4v) is 3.68. The first-order chi connectivity index (χ1) is 11.8. The predicted octanol–water partition coefficient (Wildman–Crippen LogP) is 2.25. The zero-order valence-corrected chi connectivity index (χ0v) is 14.8. The Morgan fingerprint density at radius 1 is 1.24 bits per heavy atom. The van der Waals surface area contributed by atoms with Crippen molar-refractivity contribution in [3.63, 3.8) is 0 Å². The second kappa shape index (κ2) is 6.85. The number of primary sulfonamides is 1. The van der Waals surface area contributed by atoms with E-state index >= 15 is 0 Å².